The summed E-state index contributed by atoms with van der Waals surface area (Å²) in [6.07, 6.45) is -0.0493. The quantitative estimate of drug-likeness (QED) is 0.869. The lowest BCUT2D eigenvalue weighted by Gasteiger charge is -2.27. The summed E-state index contributed by atoms with van der Waals surface area (Å²) in [6.45, 7) is 2.42. The van der Waals surface area contributed by atoms with Gasteiger partial charge in [-0.3, -0.25) is 4.79 Å². The largest absolute Gasteiger partial charge is 0.355 e. The van der Waals surface area contributed by atoms with E-state index in [0.717, 1.165) is 25.2 Å². The molecule has 1 saturated heterocycles. The van der Waals surface area contributed by atoms with Crippen LogP contribution in [0.5, 0.6) is 0 Å². The highest BCUT2D eigenvalue weighted by Crippen LogP contribution is 2.10. The second-order valence-electron chi connectivity index (χ2n) is 4.24. The van der Waals surface area contributed by atoms with Crippen molar-refractivity contribution in [3.8, 4) is 0 Å². The molecule has 2 rings (SSSR count). The lowest BCUT2D eigenvalue weighted by atomic mass is 10.0. The number of halogens is 3. The first kappa shape index (κ1) is 14.9. The molecule has 0 aliphatic carbocycles. The number of hydrogen-bond donors (Lipinski definition) is 2. The molecule has 18 heavy (non-hydrogen) atoms. The van der Waals surface area contributed by atoms with Gasteiger partial charge in [-0.25, -0.2) is 8.78 Å². The maximum atomic E-state index is 13.3. The van der Waals surface area contributed by atoms with Crippen LogP contribution in [-0.4, -0.2) is 25.5 Å². The molecule has 1 fully saturated rings. The van der Waals surface area contributed by atoms with E-state index in [1.54, 1.807) is 0 Å². The van der Waals surface area contributed by atoms with Crippen molar-refractivity contribution in [2.75, 3.05) is 19.6 Å². The summed E-state index contributed by atoms with van der Waals surface area (Å²) in [6, 6.07) is 3.25. The third-order valence-electron chi connectivity index (χ3n) is 2.82. The SMILES string of the molecule is Cl.O=C(Cc1ccc(F)cc1F)NCC1CNC1. The zero-order chi connectivity index (χ0) is 12.3. The van der Waals surface area contributed by atoms with Crippen LogP contribution in [0.1, 0.15) is 5.56 Å². The second kappa shape index (κ2) is 6.66. The van der Waals surface area contributed by atoms with Crippen molar-refractivity contribution >= 4 is 18.3 Å². The summed E-state index contributed by atoms with van der Waals surface area (Å²) < 4.78 is 25.9. The molecule has 2 N–H and O–H groups in total. The molecule has 0 spiro atoms. The minimum absolute atomic E-state index is 0. The van der Waals surface area contributed by atoms with Crippen molar-refractivity contribution in [2.24, 2.45) is 5.92 Å². The van der Waals surface area contributed by atoms with E-state index in [4.69, 9.17) is 0 Å². The first-order chi connectivity index (χ1) is 8.15. The van der Waals surface area contributed by atoms with Crippen LogP contribution in [0.15, 0.2) is 18.2 Å². The van der Waals surface area contributed by atoms with Gasteiger partial charge in [0.2, 0.25) is 5.91 Å². The van der Waals surface area contributed by atoms with Crippen molar-refractivity contribution in [1.29, 1.82) is 0 Å². The molecule has 1 aliphatic heterocycles. The fraction of sp³-hybridized carbons (Fsp3) is 0.417. The van der Waals surface area contributed by atoms with Gasteiger partial charge in [-0.15, -0.1) is 12.4 Å². The van der Waals surface area contributed by atoms with Gasteiger partial charge in [0, 0.05) is 31.6 Å². The van der Waals surface area contributed by atoms with Crippen LogP contribution in [-0.2, 0) is 11.2 Å². The Morgan fingerprint density at radius 3 is 2.67 bits per heavy atom. The Labute approximate surface area is 110 Å². The average molecular weight is 277 g/mol. The molecule has 0 radical (unpaired) electrons. The first-order valence-electron chi connectivity index (χ1n) is 5.56. The zero-order valence-corrected chi connectivity index (χ0v) is 10.5. The molecule has 0 bridgehead atoms. The number of carbonyl (C=O) groups excluding carboxylic acids is 1. The van der Waals surface area contributed by atoms with Crippen LogP contribution < -0.4 is 10.6 Å². The van der Waals surface area contributed by atoms with Crippen LogP contribution in [0.2, 0.25) is 0 Å². The number of carbonyl (C=O) groups is 1. The predicted octanol–water partition coefficient (Wildman–Crippen LogP) is 1.26. The Morgan fingerprint density at radius 2 is 2.11 bits per heavy atom. The van der Waals surface area contributed by atoms with Crippen molar-refractivity contribution in [3.05, 3.63) is 35.4 Å². The molecule has 1 amide bonds. The van der Waals surface area contributed by atoms with Crippen molar-refractivity contribution in [1.82, 2.24) is 10.6 Å². The summed E-state index contributed by atoms with van der Waals surface area (Å²) in [5.41, 5.74) is 0.218. The fourth-order valence-electron chi connectivity index (χ4n) is 1.65. The van der Waals surface area contributed by atoms with Gasteiger partial charge in [0.05, 0.1) is 6.42 Å². The van der Waals surface area contributed by atoms with E-state index in [1.807, 2.05) is 0 Å². The Kier molecular flexibility index (Phi) is 5.50. The molecule has 1 heterocycles. The molecule has 3 nitrogen and oxygen atoms in total. The topological polar surface area (TPSA) is 41.1 Å². The molecule has 1 aliphatic rings. The van der Waals surface area contributed by atoms with Crippen molar-refractivity contribution in [2.45, 2.75) is 6.42 Å². The molecule has 6 heteroatoms. The van der Waals surface area contributed by atoms with Crippen LogP contribution in [0.4, 0.5) is 8.78 Å². The standard InChI is InChI=1S/C12H14F2N2O.ClH/c13-10-2-1-9(11(14)4-10)3-12(17)16-7-8-5-15-6-8;/h1-2,4,8,15H,3,5-7H2,(H,16,17);1H. The van der Waals surface area contributed by atoms with Crippen LogP contribution in [0.3, 0.4) is 0 Å². The normalized spacial score (nSPS) is 14.6. The Morgan fingerprint density at radius 1 is 1.39 bits per heavy atom. The lowest BCUT2D eigenvalue weighted by Crippen LogP contribution is -2.48. The van der Waals surface area contributed by atoms with Gasteiger partial charge >= 0.3 is 0 Å². The smallest absolute Gasteiger partial charge is 0.224 e. The van der Waals surface area contributed by atoms with Gasteiger partial charge in [0.15, 0.2) is 0 Å². The van der Waals surface area contributed by atoms with Gasteiger partial charge in [-0.1, -0.05) is 6.07 Å². The Balaban J connectivity index is 0.00000162. The number of rotatable bonds is 4. The van der Waals surface area contributed by atoms with Crippen LogP contribution >= 0.6 is 12.4 Å². The maximum Gasteiger partial charge on any atom is 0.224 e. The third kappa shape index (κ3) is 3.92. The number of hydrogen-bond acceptors (Lipinski definition) is 2. The van der Waals surface area contributed by atoms with E-state index in [0.29, 0.717) is 12.5 Å². The maximum absolute atomic E-state index is 13.3. The number of benzene rings is 1. The predicted molar refractivity (Wildman–Crippen MR) is 66.7 cm³/mol. The van der Waals surface area contributed by atoms with Crippen molar-refractivity contribution in [3.63, 3.8) is 0 Å². The van der Waals surface area contributed by atoms with E-state index in [9.17, 15) is 13.6 Å². The Bertz CT molecular complexity index is 425. The summed E-state index contributed by atoms with van der Waals surface area (Å²) in [5, 5.41) is 5.83. The van der Waals surface area contributed by atoms with E-state index < -0.39 is 11.6 Å². The second-order valence-corrected chi connectivity index (χ2v) is 4.24. The van der Waals surface area contributed by atoms with E-state index in [1.165, 1.54) is 6.07 Å². The van der Waals surface area contributed by atoms with Crippen LogP contribution in [0.25, 0.3) is 0 Å². The highest BCUT2D eigenvalue weighted by molar-refractivity contribution is 5.85. The van der Waals surface area contributed by atoms with Crippen molar-refractivity contribution < 1.29 is 13.6 Å². The van der Waals surface area contributed by atoms with Gasteiger partial charge in [-0.05, 0) is 11.6 Å². The third-order valence-corrected chi connectivity index (χ3v) is 2.82. The molecule has 0 saturated carbocycles. The minimum atomic E-state index is -0.675. The molecule has 1 aromatic rings. The first-order valence-corrected chi connectivity index (χ1v) is 5.56. The lowest BCUT2D eigenvalue weighted by molar-refractivity contribution is -0.120. The van der Waals surface area contributed by atoms with E-state index in [-0.39, 0.29) is 30.3 Å². The van der Waals surface area contributed by atoms with Gasteiger partial charge in [0.1, 0.15) is 11.6 Å². The summed E-state index contributed by atoms with van der Waals surface area (Å²) in [5.74, 6) is -1.07. The summed E-state index contributed by atoms with van der Waals surface area (Å²) in [4.78, 5) is 11.5. The van der Waals surface area contributed by atoms with Gasteiger partial charge in [0.25, 0.3) is 0 Å². The van der Waals surface area contributed by atoms with Crippen LogP contribution in [0, 0.1) is 17.6 Å². The molecule has 0 aromatic heterocycles. The molecular formula is C12H15ClF2N2O. The van der Waals surface area contributed by atoms with Gasteiger partial charge < -0.3 is 10.6 Å². The Hall–Kier alpha value is -1.20. The van der Waals surface area contributed by atoms with E-state index >= 15 is 0 Å². The minimum Gasteiger partial charge on any atom is -0.355 e. The van der Waals surface area contributed by atoms with E-state index in [2.05, 4.69) is 10.6 Å². The number of amides is 1. The molecule has 1 aromatic carbocycles. The zero-order valence-electron chi connectivity index (χ0n) is 9.71. The van der Waals surface area contributed by atoms with Gasteiger partial charge in [-0.2, -0.15) is 0 Å². The molecular weight excluding hydrogens is 262 g/mol. The monoisotopic (exact) mass is 276 g/mol. The summed E-state index contributed by atoms with van der Waals surface area (Å²) >= 11 is 0. The highest BCUT2D eigenvalue weighted by Gasteiger charge is 2.17. The molecule has 0 atom stereocenters. The summed E-state index contributed by atoms with van der Waals surface area (Å²) in [7, 11) is 0. The highest BCUT2D eigenvalue weighted by atomic mass is 35.5. The number of nitrogens with one attached hydrogen (secondary N) is 2. The average Bonchev–Trinajstić information content (AvgIpc) is 2.20. The molecule has 0 unspecified atom stereocenters. The molecule has 100 valence electrons. The fourth-order valence-corrected chi connectivity index (χ4v) is 1.65.